The molecule has 1 amide bonds. The second-order valence-electron chi connectivity index (χ2n) is 4.85. The second-order valence-corrected chi connectivity index (χ2v) is 4.85. The Morgan fingerprint density at radius 1 is 1.37 bits per heavy atom. The predicted octanol–water partition coefficient (Wildman–Crippen LogP) is 3.09. The molecule has 2 rings (SSSR count). The van der Waals surface area contributed by atoms with Crippen molar-refractivity contribution in [3.05, 3.63) is 23.8 Å². The van der Waals surface area contributed by atoms with Crippen LogP contribution in [0.5, 0.6) is 5.75 Å². The molecule has 0 bridgehead atoms. The molecule has 19 heavy (non-hydrogen) atoms. The maximum atomic E-state index is 12.2. The van der Waals surface area contributed by atoms with E-state index in [0.29, 0.717) is 17.0 Å². The van der Waals surface area contributed by atoms with Crippen molar-refractivity contribution in [2.24, 2.45) is 5.92 Å². The Kier molecular flexibility index (Phi) is 4.40. The number of nitriles is 1. The lowest BCUT2D eigenvalue weighted by molar-refractivity contribution is -0.120. The van der Waals surface area contributed by atoms with Crippen molar-refractivity contribution in [2.45, 2.75) is 32.1 Å². The topological polar surface area (TPSA) is 62.1 Å². The molecule has 1 fully saturated rings. The minimum Gasteiger partial charge on any atom is -0.495 e. The molecule has 1 aromatic rings. The number of amides is 1. The van der Waals surface area contributed by atoms with E-state index in [1.54, 1.807) is 18.2 Å². The van der Waals surface area contributed by atoms with E-state index in [2.05, 4.69) is 11.4 Å². The van der Waals surface area contributed by atoms with Gasteiger partial charge in [-0.1, -0.05) is 19.3 Å². The third kappa shape index (κ3) is 3.25. The molecule has 1 saturated carbocycles. The van der Waals surface area contributed by atoms with E-state index in [0.717, 1.165) is 25.7 Å². The highest BCUT2D eigenvalue weighted by Crippen LogP contribution is 2.29. The first-order chi connectivity index (χ1) is 9.24. The van der Waals surface area contributed by atoms with E-state index < -0.39 is 0 Å². The van der Waals surface area contributed by atoms with E-state index in [-0.39, 0.29) is 11.8 Å². The third-order valence-electron chi connectivity index (χ3n) is 3.56. The quantitative estimate of drug-likeness (QED) is 0.906. The molecule has 4 nitrogen and oxygen atoms in total. The molecule has 1 N–H and O–H groups in total. The van der Waals surface area contributed by atoms with Gasteiger partial charge in [0.1, 0.15) is 5.75 Å². The molecule has 1 aliphatic rings. The molecule has 0 unspecified atom stereocenters. The van der Waals surface area contributed by atoms with Gasteiger partial charge in [0, 0.05) is 12.0 Å². The first kappa shape index (κ1) is 13.4. The fourth-order valence-electron chi connectivity index (χ4n) is 2.46. The Morgan fingerprint density at radius 3 is 2.74 bits per heavy atom. The van der Waals surface area contributed by atoms with Gasteiger partial charge in [-0.25, -0.2) is 0 Å². The summed E-state index contributed by atoms with van der Waals surface area (Å²) < 4.78 is 5.21. The number of hydrogen-bond donors (Lipinski definition) is 1. The van der Waals surface area contributed by atoms with E-state index in [4.69, 9.17) is 10.00 Å². The normalized spacial score (nSPS) is 15.6. The van der Waals surface area contributed by atoms with Crippen LogP contribution in [0, 0.1) is 17.2 Å². The molecule has 4 heteroatoms. The molecule has 0 atom stereocenters. The molecular weight excluding hydrogens is 240 g/mol. The summed E-state index contributed by atoms with van der Waals surface area (Å²) in [6, 6.07) is 7.09. The lowest BCUT2D eigenvalue weighted by atomic mass is 9.88. The standard InChI is InChI=1S/C15H18N2O2/c1-19-14-9-11(10-16)7-8-13(14)17-15(18)12-5-3-2-4-6-12/h7-9,12H,2-6H2,1H3,(H,17,18). The third-order valence-corrected chi connectivity index (χ3v) is 3.56. The summed E-state index contributed by atoms with van der Waals surface area (Å²) in [5.41, 5.74) is 1.16. The van der Waals surface area contributed by atoms with E-state index >= 15 is 0 Å². The average molecular weight is 258 g/mol. The summed E-state index contributed by atoms with van der Waals surface area (Å²) >= 11 is 0. The minimum absolute atomic E-state index is 0.0581. The predicted molar refractivity (Wildman–Crippen MR) is 72.9 cm³/mol. The minimum atomic E-state index is 0.0581. The molecule has 0 saturated heterocycles. The number of carbonyl (C=O) groups excluding carboxylic acids is 1. The number of rotatable bonds is 3. The summed E-state index contributed by atoms with van der Waals surface area (Å²) in [5, 5.41) is 11.8. The Bertz CT molecular complexity index is 499. The number of anilines is 1. The summed E-state index contributed by atoms with van der Waals surface area (Å²) in [7, 11) is 1.53. The molecule has 1 aromatic carbocycles. The van der Waals surface area contributed by atoms with Crippen molar-refractivity contribution >= 4 is 11.6 Å². The molecule has 1 aliphatic carbocycles. The lowest BCUT2D eigenvalue weighted by Crippen LogP contribution is -2.24. The van der Waals surface area contributed by atoms with Gasteiger partial charge in [0.25, 0.3) is 0 Å². The lowest BCUT2D eigenvalue weighted by Gasteiger charge is -2.21. The first-order valence-corrected chi connectivity index (χ1v) is 6.63. The Labute approximate surface area is 113 Å². The van der Waals surface area contributed by atoms with Gasteiger partial charge in [-0.05, 0) is 25.0 Å². The molecule has 0 spiro atoms. The van der Waals surface area contributed by atoms with Crippen LogP contribution in [-0.4, -0.2) is 13.0 Å². The van der Waals surface area contributed by atoms with Crippen LogP contribution in [0.3, 0.4) is 0 Å². The smallest absolute Gasteiger partial charge is 0.227 e. The van der Waals surface area contributed by atoms with Crippen LogP contribution in [0.1, 0.15) is 37.7 Å². The van der Waals surface area contributed by atoms with Crippen LogP contribution < -0.4 is 10.1 Å². The molecule has 100 valence electrons. The zero-order chi connectivity index (χ0) is 13.7. The van der Waals surface area contributed by atoms with Gasteiger partial charge in [-0.2, -0.15) is 5.26 Å². The molecule has 0 heterocycles. The zero-order valence-electron chi connectivity index (χ0n) is 11.1. The maximum absolute atomic E-state index is 12.2. The zero-order valence-corrected chi connectivity index (χ0v) is 11.1. The number of methoxy groups -OCH3 is 1. The van der Waals surface area contributed by atoms with Crippen molar-refractivity contribution < 1.29 is 9.53 Å². The highest BCUT2D eigenvalue weighted by Gasteiger charge is 2.21. The monoisotopic (exact) mass is 258 g/mol. The Hall–Kier alpha value is -2.02. The largest absolute Gasteiger partial charge is 0.495 e. The average Bonchev–Trinajstić information content (AvgIpc) is 2.48. The van der Waals surface area contributed by atoms with Crippen molar-refractivity contribution in [1.82, 2.24) is 0 Å². The van der Waals surface area contributed by atoms with Gasteiger partial charge < -0.3 is 10.1 Å². The summed E-state index contributed by atoms with van der Waals surface area (Å²) in [5.74, 6) is 0.694. The van der Waals surface area contributed by atoms with Gasteiger partial charge in [-0.3, -0.25) is 4.79 Å². The van der Waals surface area contributed by atoms with E-state index in [9.17, 15) is 4.79 Å². The Morgan fingerprint density at radius 2 is 2.11 bits per heavy atom. The SMILES string of the molecule is COc1cc(C#N)ccc1NC(=O)C1CCCCC1. The van der Waals surface area contributed by atoms with Crippen LogP contribution in [0.25, 0.3) is 0 Å². The number of nitrogens with one attached hydrogen (secondary N) is 1. The molecule has 0 aromatic heterocycles. The number of benzene rings is 1. The van der Waals surface area contributed by atoms with Gasteiger partial charge in [-0.15, -0.1) is 0 Å². The van der Waals surface area contributed by atoms with Crippen molar-refractivity contribution in [1.29, 1.82) is 5.26 Å². The number of carbonyl (C=O) groups is 1. The van der Waals surface area contributed by atoms with Crippen molar-refractivity contribution in [3.8, 4) is 11.8 Å². The second kappa shape index (κ2) is 6.24. The summed E-state index contributed by atoms with van der Waals surface area (Å²) in [4.78, 5) is 12.2. The first-order valence-electron chi connectivity index (χ1n) is 6.63. The van der Waals surface area contributed by atoms with E-state index in [1.807, 2.05) is 0 Å². The summed E-state index contributed by atoms with van der Waals surface area (Å²) in [6.07, 6.45) is 5.41. The molecule has 0 aliphatic heterocycles. The summed E-state index contributed by atoms with van der Waals surface area (Å²) in [6.45, 7) is 0. The van der Waals surface area contributed by atoms with Gasteiger partial charge in [0.05, 0.1) is 24.4 Å². The Balaban J connectivity index is 2.09. The van der Waals surface area contributed by atoms with Gasteiger partial charge >= 0.3 is 0 Å². The number of nitrogens with zero attached hydrogens (tertiary/aromatic N) is 1. The number of ether oxygens (including phenoxy) is 1. The van der Waals surface area contributed by atoms with Gasteiger partial charge in [0.2, 0.25) is 5.91 Å². The van der Waals surface area contributed by atoms with Gasteiger partial charge in [0.15, 0.2) is 0 Å². The van der Waals surface area contributed by atoms with Crippen molar-refractivity contribution in [3.63, 3.8) is 0 Å². The highest BCUT2D eigenvalue weighted by atomic mass is 16.5. The fraction of sp³-hybridized carbons (Fsp3) is 0.467. The van der Waals surface area contributed by atoms with Crippen LogP contribution in [0.2, 0.25) is 0 Å². The van der Waals surface area contributed by atoms with Crippen LogP contribution in [0.4, 0.5) is 5.69 Å². The van der Waals surface area contributed by atoms with E-state index in [1.165, 1.54) is 13.5 Å². The molecular formula is C15H18N2O2. The fourth-order valence-corrected chi connectivity index (χ4v) is 2.46. The molecule has 0 radical (unpaired) electrons. The van der Waals surface area contributed by atoms with Crippen LogP contribution in [0.15, 0.2) is 18.2 Å². The maximum Gasteiger partial charge on any atom is 0.227 e. The number of hydrogen-bond acceptors (Lipinski definition) is 3. The van der Waals surface area contributed by atoms with Crippen LogP contribution >= 0.6 is 0 Å². The highest BCUT2D eigenvalue weighted by molar-refractivity contribution is 5.94. The van der Waals surface area contributed by atoms with Crippen LogP contribution in [-0.2, 0) is 4.79 Å². The van der Waals surface area contributed by atoms with Crippen molar-refractivity contribution in [2.75, 3.05) is 12.4 Å².